The monoisotopic (exact) mass is 214 g/mol. The van der Waals surface area contributed by atoms with Crippen LogP contribution in [0.5, 0.6) is 0 Å². The maximum absolute atomic E-state index is 11.5. The normalized spacial score (nSPS) is 10.1. The van der Waals surface area contributed by atoms with Crippen molar-refractivity contribution in [2.24, 2.45) is 0 Å². The molecule has 0 atom stereocenters. The molecular formula is C9H14N2O2S. The van der Waals surface area contributed by atoms with Gasteiger partial charge in [0.25, 0.3) is 5.91 Å². The molecule has 1 N–H and O–H groups in total. The molecule has 4 nitrogen and oxygen atoms in total. The molecule has 78 valence electrons. The number of carbonyl (C=O) groups excluding carboxylic acids is 1. The van der Waals surface area contributed by atoms with E-state index in [2.05, 4.69) is 9.69 Å². The molecule has 0 saturated heterocycles. The molecule has 1 aromatic heterocycles. The Kier molecular flexibility index (Phi) is 4.55. The molecule has 0 aliphatic rings. The van der Waals surface area contributed by atoms with Crippen LogP contribution >= 0.6 is 11.5 Å². The summed E-state index contributed by atoms with van der Waals surface area (Å²) in [6.45, 7) is 3.14. The van der Waals surface area contributed by atoms with Gasteiger partial charge in [-0.05, 0) is 24.9 Å². The lowest BCUT2D eigenvalue weighted by Crippen LogP contribution is -2.25. The Hall–Kier alpha value is -0.940. The fourth-order valence-corrected chi connectivity index (χ4v) is 1.72. The zero-order valence-corrected chi connectivity index (χ0v) is 9.19. The highest BCUT2D eigenvalue weighted by atomic mass is 32.1. The van der Waals surface area contributed by atoms with Gasteiger partial charge in [0.15, 0.2) is 0 Å². The molecule has 0 spiro atoms. The second-order valence-corrected chi connectivity index (χ2v) is 3.54. The Balaban J connectivity index is 2.32. The predicted octanol–water partition coefficient (Wildman–Crippen LogP) is 1.22. The van der Waals surface area contributed by atoms with Crippen molar-refractivity contribution in [2.75, 3.05) is 20.3 Å². The number of aromatic nitrogens is 1. The van der Waals surface area contributed by atoms with Crippen molar-refractivity contribution in [3.05, 3.63) is 16.6 Å². The summed E-state index contributed by atoms with van der Waals surface area (Å²) < 4.78 is 8.91. The zero-order valence-electron chi connectivity index (χ0n) is 8.37. The smallest absolute Gasteiger partial charge is 0.254 e. The lowest BCUT2D eigenvalue weighted by atomic mass is 10.2. The summed E-state index contributed by atoms with van der Waals surface area (Å²) in [7, 11) is 1.65. The van der Waals surface area contributed by atoms with Crippen LogP contribution < -0.4 is 5.32 Å². The summed E-state index contributed by atoms with van der Waals surface area (Å²) in [5, 5.41) is 4.57. The van der Waals surface area contributed by atoms with Gasteiger partial charge < -0.3 is 10.1 Å². The van der Waals surface area contributed by atoms with Crippen molar-refractivity contribution in [3.8, 4) is 0 Å². The average molecular weight is 214 g/mol. The largest absolute Gasteiger partial charge is 0.385 e. The number of ether oxygens (including phenoxy) is 1. The van der Waals surface area contributed by atoms with E-state index in [-0.39, 0.29) is 5.91 Å². The maximum atomic E-state index is 11.5. The Bertz CT molecular complexity index is 299. The van der Waals surface area contributed by atoms with Gasteiger partial charge in [-0.15, -0.1) is 0 Å². The highest BCUT2D eigenvalue weighted by molar-refractivity contribution is 7.03. The van der Waals surface area contributed by atoms with Crippen LogP contribution in [0.2, 0.25) is 0 Å². The molecule has 14 heavy (non-hydrogen) atoms. The predicted molar refractivity (Wildman–Crippen MR) is 55.7 cm³/mol. The van der Waals surface area contributed by atoms with Gasteiger partial charge in [-0.1, -0.05) is 0 Å². The van der Waals surface area contributed by atoms with E-state index in [1.54, 1.807) is 12.5 Å². The van der Waals surface area contributed by atoms with E-state index in [0.29, 0.717) is 18.7 Å². The Labute approximate surface area is 87.4 Å². The lowest BCUT2D eigenvalue weighted by molar-refractivity contribution is 0.0948. The summed E-state index contributed by atoms with van der Waals surface area (Å²) >= 11 is 1.30. The zero-order chi connectivity index (χ0) is 10.4. The fourth-order valence-electron chi connectivity index (χ4n) is 1.02. The molecule has 0 aliphatic carbocycles. The first-order valence-corrected chi connectivity index (χ1v) is 5.27. The molecule has 0 aromatic carbocycles. The first kappa shape index (κ1) is 11.1. The average Bonchev–Trinajstić information content (AvgIpc) is 2.59. The van der Waals surface area contributed by atoms with Gasteiger partial charge in [-0.25, -0.2) is 0 Å². The molecule has 5 heteroatoms. The first-order valence-electron chi connectivity index (χ1n) is 4.44. The molecule has 1 heterocycles. The van der Waals surface area contributed by atoms with Gasteiger partial charge >= 0.3 is 0 Å². The third-order valence-corrected chi connectivity index (χ3v) is 2.53. The molecular weight excluding hydrogens is 200 g/mol. The van der Waals surface area contributed by atoms with E-state index in [9.17, 15) is 4.79 Å². The molecule has 0 unspecified atom stereocenters. The van der Waals surface area contributed by atoms with E-state index in [0.717, 1.165) is 12.1 Å². The topological polar surface area (TPSA) is 51.2 Å². The SMILES string of the molecule is COCCCNC(=O)c1csnc1C. The number of rotatable bonds is 5. The molecule has 0 saturated carbocycles. The van der Waals surface area contributed by atoms with Crippen LogP contribution in [0, 0.1) is 6.92 Å². The van der Waals surface area contributed by atoms with Gasteiger partial charge in [-0.2, -0.15) is 4.37 Å². The van der Waals surface area contributed by atoms with Crippen LogP contribution in [-0.2, 0) is 4.74 Å². The number of carbonyl (C=O) groups is 1. The Morgan fingerprint density at radius 2 is 2.50 bits per heavy atom. The number of hydrogen-bond acceptors (Lipinski definition) is 4. The van der Waals surface area contributed by atoms with Gasteiger partial charge in [0.1, 0.15) is 0 Å². The second-order valence-electron chi connectivity index (χ2n) is 2.92. The molecule has 1 aromatic rings. The third kappa shape index (κ3) is 3.08. The minimum absolute atomic E-state index is 0.0487. The van der Waals surface area contributed by atoms with Crippen LogP contribution in [0.15, 0.2) is 5.38 Å². The maximum Gasteiger partial charge on any atom is 0.254 e. The number of nitrogens with one attached hydrogen (secondary N) is 1. The number of nitrogens with zero attached hydrogens (tertiary/aromatic N) is 1. The number of methoxy groups -OCH3 is 1. The van der Waals surface area contributed by atoms with Crippen molar-refractivity contribution in [2.45, 2.75) is 13.3 Å². The lowest BCUT2D eigenvalue weighted by Gasteiger charge is -2.03. The van der Waals surface area contributed by atoms with Gasteiger partial charge in [0.2, 0.25) is 0 Å². The van der Waals surface area contributed by atoms with Crippen molar-refractivity contribution in [1.82, 2.24) is 9.69 Å². The Morgan fingerprint density at radius 1 is 1.71 bits per heavy atom. The van der Waals surface area contributed by atoms with Gasteiger partial charge in [0.05, 0.1) is 11.3 Å². The van der Waals surface area contributed by atoms with Gasteiger partial charge in [-0.3, -0.25) is 4.79 Å². The van der Waals surface area contributed by atoms with Crippen molar-refractivity contribution < 1.29 is 9.53 Å². The summed E-state index contributed by atoms with van der Waals surface area (Å²) in [6, 6.07) is 0. The van der Waals surface area contributed by atoms with Crippen molar-refractivity contribution >= 4 is 17.4 Å². The summed E-state index contributed by atoms with van der Waals surface area (Å²) in [4.78, 5) is 11.5. The van der Waals surface area contributed by atoms with E-state index in [4.69, 9.17) is 4.74 Å². The highest BCUT2D eigenvalue weighted by Crippen LogP contribution is 2.08. The van der Waals surface area contributed by atoms with Crippen LogP contribution in [0.4, 0.5) is 0 Å². The highest BCUT2D eigenvalue weighted by Gasteiger charge is 2.09. The molecule has 0 fully saturated rings. The second kappa shape index (κ2) is 5.72. The molecule has 0 radical (unpaired) electrons. The summed E-state index contributed by atoms with van der Waals surface area (Å²) in [5.74, 6) is -0.0487. The minimum Gasteiger partial charge on any atom is -0.385 e. The van der Waals surface area contributed by atoms with Gasteiger partial charge in [0, 0.05) is 25.6 Å². The van der Waals surface area contributed by atoms with Crippen LogP contribution in [-0.4, -0.2) is 30.5 Å². The van der Waals surface area contributed by atoms with E-state index >= 15 is 0 Å². The molecule has 0 aliphatic heterocycles. The molecule has 1 amide bonds. The quantitative estimate of drug-likeness (QED) is 0.750. The number of aryl methyl sites for hydroxylation is 1. The van der Waals surface area contributed by atoms with E-state index in [1.165, 1.54) is 11.5 Å². The Morgan fingerprint density at radius 3 is 3.07 bits per heavy atom. The van der Waals surface area contributed by atoms with Crippen LogP contribution in [0.1, 0.15) is 22.5 Å². The first-order chi connectivity index (χ1) is 6.75. The van der Waals surface area contributed by atoms with Crippen molar-refractivity contribution in [3.63, 3.8) is 0 Å². The number of hydrogen-bond donors (Lipinski definition) is 1. The third-order valence-electron chi connectivity index (χ3n) is 1.81. The van der Waals surface area contributed by atoms with E-state index < -0.39 is 0 Å². The van der Waals surface area contributed by atoms with Crippen LogP contribution in [0.3, 0.4) is 0 Å². The van der Waals surface area contributed by atoms with Crippen LogP contribution in [0.25, 0.3) is 0 Å². The molecule has 0 bridgehead atoms. The summed E-state index contributed by atoms with van der Waals surface area (Å²) in [5.41, 5.74) is 1.46. The minimum atomic E-state index is -0.0487. The standard InChI is InChI=1S/C9H14N2O2S/c1-7-8(6-14-11-7)9(12)10-4-3-5-13-2/h6H,3-5H2,1-2H3,(H,10,12). The fraction of sp³-hybridized carbons (Fsp3) is 0.556. The summed E-state index contributed by atoms with van der Waals surface area (Å²) in [6.07, 6.45) is 0.832. The van der Waals surface area contributed by atoms with E-state index in [1.807, 2.05) is 6.92 Å². The van der Waals surface area contributed by atoms with Crippen molar-refractivity contribution in [1.29, 1.82) is 0 Å². The number of amides is 1. The molecule has 1 rings (SSSR count).